The fourth-order valence-corrected chi connectivity index (χ4v) is 1.95. The van der Waals surface area contributed by atoms with Crippen molar-refractivity contribution in [2.24, 2.45) is 0 Å². The van der Waals surface area contributed by atoms with Crippen LogP contribution >= 0.6 is 11.6 Å². The van der Waals surface area contributed by atoms with Gasteiger partial charge in [-0.25, -0.2) is 14.6 Å². The predicted octanol–water partition coefficient (Wildman–Crippen LogP) is 3.09. The lowest BCUT2D eigenvalue weighted by Crippen LogP contribution is -2.00. The number of hydrogen-bond acceptors (Lipinski definition) is 4. The summed E-state index contributed by atoms with van der Waals surface area (Å²) in [4.78, 5) is 7.70. The van der Waals surface area contributed by atoms with Crippen LogP contribution in [0.4, 0.5) is 14.7 Å². The Bertz CT molecular complexity index is 633. The van der Waals surface area contributed by atoms with E-state index in [4.69, 9.17) is 17.3 Å². The Morgan fingerprint density at radius 3 is 2.75 bits per heavy atom. The summed E-state index contributed by atoms with van der Waals surface area (Å²) in [6.07, 6.45) is 1.67. The SMILES string of the molecule is C=C(C)Cc1cn(C(F)F)nc1-c1cc(Cl)nc(N)n1. The van der Waals surface area contributed by atoms with Gasteiger partial charge in [0.05, 0.1) is 5.69 Å². The molecule has 2 rings (SSSR count). The third kappa shape index (κ3) is 3.11. The maximum absolute atomic E-state index is 12.8. The Balaban J connectivity index is 2.55. The second-order valence-electron chi connectivity index (χ2n) is 4.33. The molecule has 0 aromatic carbocycles. The van der Waals surface area contributed by atoms with Crippen molar-refractivity contribution < 1.29 is 8.78 Å². The lowest BCUT2D eigenvalue weighted by molar-refractivity contribution is 0.0567. The van der Waals surface area contributed by atoms with Gasteiger partial charge in [0.2, 0.25) is 5.95 Å². The molecule has 2 N–H and O–H groups in total. The molecule has 106 valence electrons. The first-order valence-electron chi connectivity index (χ1n) is 5.68. The normalized spacial score (nSPS) is 11.1. The van der Waals surface area contributed by atoms with Crippen molar-refractivity contribution >= 4 is 17.5 Å². The first kappa shape index (κ1) is 14.4. The van der Waals surface area contributed by atoms with Gasteiger partial charge in [-0.15, -0.1) is 0 Å². The molecule has 20 heavy (non-hydrogen) atoms. The fraction of sp³-hybridized carbons (Fsp3) is 0.250. The highest BCUT2D eigenvalue weighted by Crippen LogP contribution is 2.26. The Kier molecular flexibility index (Phi) is 3.99. The maximum atomic E-state index is 12.8. The van der Waals surface area contributed by atoms with Gasteiger partial charge in [-0.05, 0) is 13.3 Å². The van der Waals surface area contributed by atoms with Gasteiger partial charge in [0.25, 0.3) is 0 Å². The van der Waals surface area contributed by atoms with Crippen molar-refractivity contribution in [2.75, 3.05) is 5.73 Å². The van der Waals surface area contributed by atoms with Crippen LogP contribution in [0.2, 0.25) is 5.15 Å². The highest BCUT2D eigenvalue weighted by molar-refractivity contribution is 6.29. The highest BCUT2D eigenvalue weighted by Gasteiger charge is 2.17. The van der Waals surface area contributed by atoms with E-state index in [9.17, 15) is 8.78 Å². The molecule has 0 bridgehead atoms. The number of nitrogens with zero attached hydrogens (tertiary/aromatic N) is 4. The molecule has 0 amide bonds. The van der Waals surface area contributed by atoms with E-state index in [0.717, 1.165) is 5.57 Å². The monoisotopic (exact) mass is 299 g/mol. The average Bonchev–Trinajstić information content (AvgIpc) is 2.70. The van der Waals surface area contributed by atoms with Crippen LogP contribution in [0.1, 0.15) is 19.0 Å². The van der Waals surface area contributed by atoms with Crippen LogP contribution in [0, 0.1) is 0 Å². The third-order valence-electron chi connectivity index (χ3n) is 2.45. The zero-order valence-corrected chi connectivity index (χ0v) is 11.4. The molecule has 2 heterocycles. The van der Waals surface area contributed by atoms with Crippen molar-refractivity contribution in [1.29, 1.82) is 0 Å². The number of anilines is 1. The van der Waals surface area contributed by atoms with E-state index < -0.39 is 6.55 Å². The molecule has 0 saturated carbocycles. The fourth-order valence-electron chi connectivity index (χ4n) is 1.76. The van der Waals surface area contributed by atoms with Crippen LogP contribution in [-0.2, 0) is 6.42 Å². The summed E-state index contributed by atoms with van der Waals surface area (Å²) >= 11 is 5.80. The van der Waals surface area contributed by atoms with Crippen molar-refractivity contribution in [3.05, 3.63) is 35.1 Å². The molecule has 0 saturated heterocycles. The molecule has 0 fully saturated rings. The number of nitrogens with two attached hydrogens (primary N) is 1. The molecule has 0 aliphatic carbocycles. The van der Waals surface area contributed by atoms with Gasteiger partial charge in [0.15, 0.2) is 0 Å². The molecular weight excluding hydrogens is 288 g/mol. The van der Waals surface area contributed by atoms with Crippen LogP contribution in [0.3, 0.4) is 0 Å². The van der Waals surface area contributed by atoms with Crippen LogP contribution in [0.25, 0.3) is 11.4 Å². The number of halogens is 3. The Labute approximate surface area is 119 Å². The summed E-state index contributed by atoms with van der Waals surface area (Å²) in [5.41, 5.74) is 7.50. The number of alkyl halides is 2. The second-order valence-corrected chi connectivity index (χ2v) is 4.72. The van der Waals surface area contributed by atoms with Crippen molar-refractivity contribution in [3.8, 4) is 11.4 Å². The molecule has 0 spiro atoms. The minimum Gasteiger partial charge on any atom is -0.368 e. The minimum absolute atomic E-state index is 0.0413. The van der Waals surface area contributed by atoms with Crippen LogP contribution in [0.15, 0.2) is 24.4 Å². The van der Waals surface area contributed by atoms with E-state index in [2.05, 4.69) is 21.6 Å². The molecule has 0 aliphatic rings. The van der Waals surface area contributed by atoms with E-state index in [1.165, 1.54) is 12.3 Å². The zero-order chi connectivity index (χ0) is 14.9. The molecule has 0 atom stereocenters. The Morgan fingerprint density at radius 1 is 1.50 bits per heavy atom. The molecule has 5 nitrogen and oxygen atoms in total. The summed E-state index contributed by atoms with van der Waals surface area (Å²) in [6.45, 7) is 2.83. The van der Waals surface area contributed by atoms with Gasteiger partial charge in [0.1, 0.15) is 10.8 Å². The minimum atomic E-state index is -2.73. The molecular formula is C12H12ClF2N5. The second kappa shape index (κ2) is 5.54. The summed E-state index contributed by atoms with van der Waals surface area (Å²) in [7, 11) is 0. The van der Waals surface area contributed by atoms with Crippen LogP contribution in [-0.4, -0.2) is 19.7 Å². The van der Waals surface area contributed by atoms with Gasteiger partial charge < -0.3 is 5.73 Å². The maximum Gasteiger partial charge on any atom is 0.333 e. The first-order chi connectivity index (χ1) is 9.36. The standard InChI is InChI=1S/C12H12ClF2N5/c1-6(2)3-7-5-20(11(14)15)19-10(7)8-4-9(13)18-12(16)17-8/h4-5,11H,1,3H2,2H3,(H2,16,17,18). The summed E-state index contributed by atoms with van der Waals surface area (Å²) in [5.74, 6) is -0.0413. The zero-order valence-electron chi connectivity index (χ0n) is 10.6. The predicted molar refractivity (Wildman–Crippen MR) is 72.4 cm³/mol. The third-order valence-corrected chi connectivity index (χ3v) is 2.65. The Hall–Kier alpha value is -2.02. The van der Waals surface area contributed by atoms with Crippen LogP contribution < -0.4 is 5.73 Å². The topological polar surface area (TPSA) is 69.6 Å². The number of nitrogen functional groups attached to an aromatic ring is 1. The molecule has 0 aliphatic heterocycles. The number of hydrogen-bond donors (Lipinski definition) is 1. The number of rotatable bonds is 4. The van der Waals surface area contributed by atoms with Crippen molar-refractivity contribution in [3.63, 3.8) is 0 Å². The molecule has 2 aromatic rings. The lowest BCUT2D eigenvalue weighted by Gasteiger charge is -2.03. The van der Waals surface area contributed by atoms with Gasteiger partial charge >= 0.3 is 6.55 Å². The largest absolute Gasteiger partial charge is 0.368 e. The van der Waals surface area contributed by atoms with Gasteiger partial charge in [-0.2, -0.15) is 13.9 Å². The van der Waals surface area contributed by atoms with E-state index in [-0.39, 0.29) is 11.1 Å². The molecule has 0 unspecified atom stereocenters. The van der Waals surface area contributed by atoms with Crippen LogP contribution in [0.5, 0.6) is 0 Å². The summed E-state index contributed by atoms with van der Waals surface area (Å²) in [5, 5.41) is 3.96. The quantitative estimate of drug-likeness (QED) is 0.696. The molecule has 0 radical (unpaired) electrons. The lowest BCUT2D eigenvalue weighted by atomic mass is 10.1. The highest BCUT2D eigenvalue weighted by atomic mass is 35.5. The van der Waals surface area contributed by atoms with Crippen molar-refractivity contribution in [1.82, 2.24) is 19.7 Å². The van der Waals surface area contributed by atoms with Gasteiger partial charge in [0, 0.05) is 17.8 Å². The molecule has 2 aromatic heterocycles. The van der Waals surface area contributed by atoms with E-state index >= 15 is 0 Å². The number of aromatic nitrogens is 4. The van der Waals surface area contributed by atoms with Gasteiger partial charge in [-0.1, -0.05) is 23.8 Å². The Morgan fingerprint density at radius 2 is 2.20 bits per heavy atom. The van der Waals surface area contributed by atoms with Crippen molar-refractivity contribution in [2.45, 2.75) is 19.9 Å². The van der Waals surface area contributed by atoms with Gasteiger partial charge in [-0.3, -0.25) is 0 Å². The van der Waals surface area contributed by atoms with E-state index in [1.54, 1.807) is 6.92 Å². The summed E-state index contributed by atoms with van der Waals surface area (Å²) < 4.78 is 26.1. The smallest absolute Gasteiger partial charge is 0.333 e. The first-order valence-corrected chi connectivity index (χ1v) is 6.05. The van der Waals surface area contributed by atoms with E-state index in [1.807, 2.05) is 0 Å². The van der Waals surface area contributed by atoms with E-state index in [0.29, 0.717) is 28.1 Å². The molecule has 8 heteroatoms. The number of allylic oxidation sites excluding steroid dienone is 1. The summed E-state index contributed by atoms with van der Waals surface area (Å²) in [6, 6.07) is 1.43. The average molecular weight is 300 g/mol.